The number of Topliss-reactive ketones (excluding diaryl/α,β-unsaturated/α-hetero) is 1. The molecule has 1 unspecified atom stereocenters. The largest absolute Gasteiger partial charge is 0.481 e. The standard InChI is InChI=1S/C33H35Cl2FN4O4.C25H25Cl2FN2O3.C7H11N3O2/c1-31(2)8-10-32(11-9-31)15-21(24(41)13-18-3-6-25(43-16-18)29-40-38-17-44-29)26(20-7-12-37-28(35)27(20)36)33(32)22-5-4-19(34)14-23(22)39-30(33)42;1-23(2)6-8-24(9-7-23)12-15(21(31)32)18(14-5-10-29-20(27)19(14)28)25(24)16-4-3-13(26)11-17(16)30-22(25)33;8-5-1-2-6(11-3-5)7-10-9-4-12-7/h4-5,7,12,14,17-18,21,25-26H,3,6,8-11,13,15-16H2,1-2H3,(H,39,42);3-5,10-11,15,18H,6-9,12H2,1-2H3,(H,30,33)(H,31,32);4-6H,1-3,8H2/t18-,21-,25-,26-,33+;15-,18+,25?;5-,6+/m011/s1. The van der Waals surface area contributed by atoms with Crippen molar-refractivity contribution in [2.45, 2.75) is 165 Å². The Balaban J connectivity index is 0.000000149. The third-order valence-electron chi connectivity index (χ3n) is 21.4. The topological polar surface area (TPSA) is 261 Å². The summed E-state index contributed by atoms with van der Waals surface area (Å²) in [5, 5.41) is 31.9. The van der Waals surface area contributed by atoms with E-state index in [1.165, 1.54) is 31.2 Å². The Kier molecular flexibility index (Phi) is 17.2. The molecule has 0 radical (unpaired) electrons. The maximum Gasteiger partial charge on any atom is 0.307 e. The normalized spacial score (nSPS) is 30.0. The molecule has 4 spiro atoms. The van der Waals surface area contributed by atoms with E-state index in [1.807, 2.05) is 6.07 Å². The molecule has 8 aliphatic rings. The molecule has 4 aliphatic heterocycles. The Labute approximate surface area is 533 Å². The molecule has 0 bridgehead atoms. The first-order valence-corrected chi connectivity index (χ1v) is 32.0. The number of ketones is 1. The number of carboxylic acids is 1. The van der Waals surface area contributed by atoms with Crippen LogP contribution in [-0.2, 0) is 39.5 Å². The Bertz CT molecular complexity index is 3660. The van der Waals surface area contributed by atoms with Crippen LogP contribution in [0.2, 0.25) is 20.4 Å². The van der Waals surface area contributed by atoms with Gasteiger partial charge >= 0.3 is 5.97 Å². The number of pyridine rings is 2. The molecule has 2 aromatic carbocycles. The molecule has 4 saturated carbocycles. The van der Waals surface area contributed by atoms with Crippen LogP contribution < -0.4 is 16.4 Å². The van der Waals surface area contributed by atoms with Crippen LogP contribution in [0.4, 0.5) is 20.2 Å². The minimum Gasteiger partial charge on any atom is -0.481 e. The molecule has 14 rings (SSSR count). The van der Waals surface area contributed by atoms with E-state index in [4.69, 9.17) is 70.4 Å². The van der Waals surface area contributed by atoms with Gasteiger partial charge in [0.15, 0.2) is 21.9 Å². The predicted molar refractivity (Wildman–Crippen MR) is 326 cm³/mol. The zero-order valence-corrected chi connectivity index (χ0v) is 52.8. The van der Waals surface area contributed by atoms with E-state index in [0.29, 0.717) is 77.7 Å². The Morgan fingerprint density at radius 2 is 1.08 bits per heavy atom. The second kappa shape index (κ2) is 24.2. The van der Waals surface area contributed by atoms with Crippen molar-refractivity contribution in [1.29, 1.82) is 0 Å². The van der Waals surface area contributed by atoms with E-state index in [9.17, 15) is 24.3 Å². The number of carbonyl (C=O) groups is 4. The highest BCUT2D eigenvalue weighted by Crippen LogP contribution is 2.74. The van der Waals surface area contributed by atoms with Gasteiger partial charge < -0.3 is 39.8 Å². The summed E-state index contributed by atoms with van der Waals surface area (Å²) < 4.78 is 53.3. The highest BCUT2D eigenvalue weighted by atomic mass is 35.5. The number of halogens is 6. The number of ether oxygens (including phenoxy) is 2. The van der Waals surface area contributed by atoms with Gasteiger partial charge in [0.1, 0.15) is 18.0 Å². The molecule has 18 nitrogen and oxygen atoms in total. The number of hydrogen-bond acceptors (Lipinski definition) is 15. The quantitative estimate of drug-likeness (QED) is 0.103. The summed E-state index contributed by atoms with van der Waals surface area (Å²) in [5.74, 6) is -5.24. The van der Waals surface area contributed by atoms with Gasteiger partial charge in [-0.3, -0.25) is 19.2 Å². The van der Waals surface area contributed by atoms with Crippen LogP contribution in [0.25, 0.3) is 0 Å². The maximum absolute atomic E-state index is 16.1. The van der Waals surface area contributed by atoms with Gasteiger partial charge in [-0.15, -0.1) is 20.4 Å². The van der Waals surface area contributed by atoms with Gasteiger partial charge in [-0.25, -0.2) is 18.7 Å². The third kappa shape index (κ3) is 11.0. The van der Waals surface area contributed by atoms with Crippen molar-refractivity contribution >= 4 is 81.3 Å². The van der Waals surface area contributed by atoms with Crippen molar-refractivity contribution < 1.29 is 51.4 Å². The van der Waals surface area contributed by atoms with Crippen LogP contribution >= 0.6 is 46.4 Å². The average molecular weight is 1300 g/mol. The number of fused-ring (bicyclic) bond motifs is 6. The van der Waals surface area contributed by atoms with Crippen molar-refractivity contribution in [3.63, 3.8) is 0 Å². The number of nitrogens with two attached hydrogens (primary N) is 1. The number of hydrogen-bond donors (Lipinski definition) is 4. The van der Waals surface area contributed by atoms with Crippen LogP contribution in [0, 0.1) is 51.0 Å². The Morgan fingerprint density at radius 3 is 1.49 bits per heavy atom. The van der Waals surface area contributed by atoms with Crippen molar-refractivity contribution in [2.75, 3.05) is 23.8 Å². The zero-order valence-electron chi connectivity index (χ0n) is 49.8. The number of aliphatic carboxylic acids is 1. The lowest BCUT2D eigenvalue weighted by atomic mass is 9.51. The van der Waals surface area contributed by atoms with Crippen molar-refractivity contribution in [3.05, 3.63) is 140 Å². The number of aromatic nitrogens is 6. The molecule has 24 heteroatoms. The SMILES string of the molecule is CC1(C)CCC2(CC1)C[C@@H](C(=O)C[C@@H]1CC[C@@H](c3nnco3)OC1)[C@H](c1ccnc(Cl)c1F)[C@]21C(=O)Nc2cc(Cl)ccc21.CC1(C)CCC2(CC1)C[C@@H](C(=O)O)[C@H](c1ccnc(Cl)c1F)C21C(=O)Nc2cc(Cl)ccc21.N[C@@H]1CC[C@@H](c2nnco2)OC1. The fraction of sp³-hybridized carbons (Fsp3) is 0.538. The molecule has 6 aromatic rings. The fourth-order valence-corrected chi connectivity index (χ4v) is 17.6. The number of anilines is 2. The number of carboxylic acid groups (broad SMARTS) is 1. The summed E-state index contributed by atoms with van der Waals surface area (Å²) in [4.78, 5) is 63.6. The summed E-state index contributed by atoms with van der Waals surface area (Å²) in [6, 6.07) is 13.9. The number of benzene rings is 2. The third-order valence-corrected chi connectivity index (χ3v) is 22.4. The minimum absolute atomic E-state index is 0.0171. The summed E-state index contributed by atoms with van der Waals surface area (Å²) in [5.41, 5.74) is 5.26. The van der Waals surface area contributed by atoms with E-state index < -0.39 is 62.9 Å². The van der Waals surface area contributed by atoms with Gasteiger partial charge in [0.25, 0.3) is 0 Å². The van der Waals surface area contributed by atoms with E-state index in [2.05, 4.69) is 68.7 Å². The van der Waals surface area contributed by atoms with Crippen molar-refractivity contribution in [3.8, 4) is 0 Å². The number of amides is 2. The zero-order chi connectivity index (χ0) is 63.0. The van der Waals surface area contributed by atoms with Crippen molar-refractivity contribution in [2.24, 2.45) is 45.1 Å². The molecule has 89 heavy (non-hydrogen) atoms. The molecule has 10 atom stereocenters. The van der Waals surface area contributed by atoms with Gasteiger partial charge in [-0.05, 0) is 176 Å². The van der Waals surface area contributed by atoms with Crippen LogP contribution in [0.5, 0.6) is 0 Å². The second-order valence-corrected chi connectivity index (χ2v) is 29.0. The number of rotatable bonds is 8. The van der Waals surface area contributed by atoms with Crippen LogP contribution in [0.3, 0.4) is 0 Å². The summed E-state index contributed by atoms with van der Waals surface area (Å²) in [6.45, 7) is 9.83. The first kappa shape index (κ1) is 63.2. The highest BCUT2D eigenvalue weighted by Gasteiger charge is 2.74. The molecule has 4 aliphatic carbocycles. The smallest absolute Gasteiger partial charge is 0.307 e. The lowest BCUT2D eigenvalue weighted by Gasteiger charge is -2.51. The number of nitrogens with zero attached hydrogens (tertiary/aromatic N) is 6. The molecule has 2 saturated heterocycles. The molecule has 8 heterocycles. The second-order valence-electron chi connectivity index (χ2n) is 27.4. The van der Waals surface area contributed by atoms with Gasteiger partial charge in [0.2, 0.25) is 36.4 Å². The highest BCUT2D eigenvalue weighted by molar-refractivity contribution is 6.32. The summed E-state index contributed by atoms with van der Waals surface area (Å²) in [7, 11) is 0. The van der Waals surface area contributed by atoms with Gasteiger partial charge in [-0.1, -0.05) is 86.2 Å². The molecule has 4 aromatic heterocycles. The fourth-order valence-electron chi connectivity index (χ4n) is 16.9. The lowest BCUT2D eigenvalue weighted by Crippen LogP contribution is -2.52. The monoisotopic (exact) mass is 1300 g/mol. The van der Waals surface area contributed by atoms with Crippen molar-refractivity contribution in [1.82, 2.24) is 30.4 Å². The molecular formula is C65H71Cl4F2N9O9. The average Bonchev–Trinajstić information content (AvgIpc) is 1.53. The van der Waals surface area contributed by atoms with Crippen LogP contribution in [0.15, 0.2) is 82.5 Å². The Morgan fingerprint density at radius 1 is 0.629 bits per heavy atom. The lowest BCUT2D eigenvalue weighted by molar-refractivity contribution is -0.142. The maximum atomic E-state index is 16.1. The first-order valence-electron chi connectivity index (χ1n) is 30.5. The molecule has 2 amide bonds. The molecule has 5 N–H and O–H groups in total. The minimum atomic E-state index is -1.25. The van der Waals surface area contributed by atoms with E-state index >= 15 is 8.78 Å². The molecule has 472 valence electrons. The molecule has 6 fully saturated rings. The Hall–Kier alpha value is -6.00. The van der Waals surface area contributed by atoms with Gasteiger partial charge in [-0.2, -0.15) is 0 Å². The summed E-state index contributed by atoms with van der Waals surface area (Å²) >= 11 is 24.9. The molecular weight excluding hydrogens is 1230 g/mol. The van der Waals surface area contributed by atoms with Gasteiger partial charge in [0, 0.05) is 64.0 Å². The van der Waals surface area contributed by atoms with Crippen LogP contribution in [-0.4, -0.2) is 78.3 Å². The van der Waals surface area contributed by atoms with E-state index in [0.717, 1.165) is 63.4 Å². The summed E-state index contributed by atoms with van der Waals surface area (Å²) in [6.07, 6.45) is 15.7. The van der Waals surface area contributed by atoms with E-state index in [1.54, 1.807) is 36.4 Å². The number of carbonyl (C=O) groups excluding carboxylic acids is 3. The van der Waals surface area contributed by atoms with Gasteiger partial charge in [0.05, 0.1) is 30.0 Å². The predicted octanol–water partition coefficient (Wildman–Crippen LogP) is 14.1. The first-order chi connectivity index (χ1) is 42.4. The van der Waals surface area contributed by atoms with Crippen LogP contribution in [0.1, 0.15) is 182 Å². The number of nitrogens with one attached hydrogen (secondary N) is 2. The van der Waals surface area contributed by atoms with E-state index in [-0.39, 0.29) is 86.9 Å².